The molecule has 0 amide bonds. The van der Waals surface area contributed by atoms with Crippen LogP contribution in [-0.2, 0) is 13.1 Å². The highest BCUT2D eigenvalue weighted by molar-refractivity contribution is 5.99. The Morgan fingerprint density at radius 1 is 1.38 bits per heavy atom. The van der Waals surface area contributed by atoms with Gasteiger partial charge in [0.15, 0.2) is 5.78 Å². The first-order chi connectivity index (χ1) is 10.0. The highest BCUT2D eigenvalue weighted by Crippen LogP contribution is 2.16. The summed E-state index contributed by atoms with van der Waals surface area (Å²) >= 11 is 0. The zero-order chi connectivity index (χ0) is 15.4. The van der Waals surface area contributed by atoms with Gasteiger partial charge in [0.1, 0.15) is 0 Å². The van der Waals surface area contributed by atoms with Crippen LogP contribution in [0, 0.1) is 13.8 Å². The fourth-order valence-electron chi connectivity index (χ4n) is 2.76. The van der Waals surface area contributed by atoms with E-state index < -0.39 is 0 Å². The van der Waals surface area contributed by atoms with Gasteiger partial charge in [0, 0.05) is 42.4 Å². The summed E-state index contributed by atoms with van der Waals surface area (Å²) < 4.78 is 2.17. The second kappa shape index (κ2) is 6.68. The Labute approximate surface area is 126 Å². The number of pyridine rings is 1. The molecule has 4 heteroatoms. The Morgan fingerprint density at radius 3 is 2.71 bits per heavy atom. The number of Topliss-reactive ketones (excluding diaryl/α,β-unsaturated/α-hetero) is 1. The van der Waals surface area contributed by atoms with Gasteiger partial charge in [-0.1, -0.05) is 6.07 Å². The molecule has 0 N–H and O–H groups in total. The van der Waals surface area contributed by atoms with Crippen LogP contribution in [-0.4, -0.2) is 33.8 Å². The number of nitrogens with zero attached hydrogens (tertiary/aromatic N) is 3. The first kappa shape index (κ1) is 15.4. The molecular weight excluding hydrogens is 262 g/mol. The van der Waals surface area contributed by atoms with Crippen LogP contribution in [0.2, 0.25) is 0 Å². The highest BCUT2D eigenvalue weighted by atomic mass is 16.1. The van der Waals surface area contributed by atoms with Crippen molar-refractivity contribution in [3.8, 4) is 0 Å². The van der Waals surface area contributed by atoms with E-state index in [1.165, 1.54) is 0 Å². The van der Waals surface area contributed by atoms with E-state index in [1.807, 2.05) is 50.2 Å². The zero-order valence-electron chi connectivity index (χ0n) is 13.3. The smallest absolute Gasteiger partial charge is 0.178 e. The average Bonchev–Trinajstić information content (AvgIpc) is 2.74. The Morgan fingerprint density at radius 2 is 2.14 bits per heavy atom. The summed E-state index contributed by atoms with van der Waals surface area (Å²) in [5.74, 6) is 0.175. The molecule has 2 aromatic heterocycles. The van der Waals surface area contributed by atoms with Gasteiger partial charge in [-0.15, -0.1) is 0 Å². The predicted octanol–water partition coefficient (Wildman–Crippen LogP) is 2.83. The van der Waals surface area contributed by atoms with Crippen molar-refractivity contribution in [1.82, 2.24) is 14.5 Å². The SMILES string of the molecule is CCn1c(C)cc(C(=O)CN(C)Cc2cccnc2)c1C. The van der Waals surface area contributed by atoms with Gasteiger partial charge in [0.2, 0.25) is 0 Å². The number of aryl methyl sites for hydroxylation is 1. The van der Waals surface area contributed by atoms with Gasteiger partial charge in [-0.25, -0.2) is 0 Å². The molecule has 0 aliphatic carbocycles. The molecule has 2 heterocycles. The van der Waals surface area contributed by atoms with Crippen LogP contribution >= 0.6 is 0 Å². The van der Waals surface area contributed by atoms with Crippen molar-refractivity contribution in [1.29, 1.82) is 0 Å². The van der Waals surface area contributed by atoms with Gasteiger partial charge in [-0.3, -0.25) is 14.7 Å². The molecule has 0 saturated heterocycles. The van der Waals surface area contributed by atoms with Crippen molar-refractivity contribution in [2.75, 3.05) is 13.6 Å². The Kier molecular flexibility index (Phi) is 4.91. The van der Waals surface area contributed by atoms with Crippen LogP contribution in [0.3, 0.4) is 0 Å². The maximum absolute atomic E-state index is 12.5. The van der Waals surface area contributed by atoms with Gasteiger partial charge in [-0.2, -0.15) is 0 Å². The Balaban J connectivity index is 2.04. The molecule has 2 rings (SSSR count). The number of carbonyl (C=O) groups is 1. The van der Waals surface area contributed by atoms with Gasteiger partial charge < -0.3 is 4.57 Å². The Bertz CT molecular complexity index is 616. The molecule has 0 bridgehead atoms. The summed E-state index contributed by atoms with van der Waals surface area (Å²) in [6.07, 6.45) is 3.60. The lowest BCUT2D eigenvalue weighted by Gasteiger charge is -2.15. The number of rotatable bonds is 6. The van der Waals surface area contributed by atoms with Crippen LogP contribution in [0.1, 0.15) is 34.2 Å². The minimum Gasteiger partial charge on any atom is -0.349 e. The number of likely N-dealkylation sites (N-methyl/N-ethyl adjacent to an activating group) is 1. The molecule has 0 spiro atoms. The number of ketones is 1. The van der Waals surface area contributed by atoms with Crippen LogP contribution in [0.15, 0.2) is 30.6 Å². The first-order valence-electron chi connectivity index (χ1n) is 7.30. The summed E-state index contributed by atoms with van der Waals surface area (Å²) in [7, 11) is 1.96. The molecular formula is C17H23N3O. The fraction of sp³-hybridized carbons (Fsp3) is 0.412. The lowest BCUT2D eigenvalue weighted by atomic mass is 10.1. The molecule has 0 aliphatic rings. The van der Waals surface area contributed by atoms with Crippen molar-refractivity contribution in [2.24, 2.45) is 0 Å². The summed E-state index contributed by atoms with van der Waals surface area (Å²) in [6.45, 7) is 8.21. The highest BCUT2D eigenvalue weighted by Gasteiger charge is 2.16. The molecule has 0 aliphatic heterocycles. The van der Waals surface area contributed by atoms with Crippen LogP contribution < -0.4 is 0 Å². The number of carbonyl (C=O) groups excluding carboxylic acids is 1. The largest absolute Gasteiger partial charge is 0.349 e. The van der Waals surface area contributed by atoms with E-state index in [9.17, 15) is 4.79 Å². The molecule has 0 radical (unpaired) electrons. The van der Waals surface area contributed by atoms with E-state index in [2.05, 4.69) is 16.5 Å². The van der Waals surface area contributed by atoms with E-state index in [-0.39, 0.29) is 5.78 Å². The quantitative estimate of drug-likeness (QED) is 0.766. The standard InChI is InChI=1S/C17H23N3O/c1-5-20-13(2)9-16(14(20)3)17(21)12-19(4)11-15-7-6-8-18-10-15/h6-10H,5,11-12H2,1-4H3. The van der Waals surface area contributed by atoms with Gasteiger partial charge in [-0.05, 0) is 45.5 Å². The fourth-order valence-corrected chi connectivity index (χ4v) is 2.76. The van der Waals surface area contributed by atoms with Gasteiger partial charge in [0.05, 0.1) is 6.54 Å². The van der Waals surface area contributed by atoms with Crippen molar-refractivity contribution < 1.29 is 4.79 Å². The first-order valence-corrected chi connectivity index (χ1v) is 7.30. The summed E-state index contributed by atoms with van der Waals surface area (Å²) in [4.78, 5) is 18.6. The molecule has 2 aromatic rings. The minimum atomic E-state index is 0.175. The predicted molar refractivity (Wildman–Crippen MR) is 84.5 cm³/mol. The van der Waals surface area contributed by atoms with Crippen molar-refractivity contribution in [2.45, 2.75) is 33.9 Å². The van der Waals surface area contributed by atoms with Crippen molar-refractivity contribution >= 4 is 5.78 Å². The molecule has 112 valence electrons. The monoisotopic (exact) mass is 285 g/mol. The third-order valence-electron chi connectivity index (χ3n) is 3.78. The molecule has 0 aromatic carbocycles. The second-order valence-corrected chi connectivity index (χ2v) is 5.49. The maximum atomic E-state index is 12.5. The van der Waals surface area contributed by atoms with E-state index in [1.54, 1.807) is 6.20 Å². The van der Waals surface area contributed by atoms with E-state index in [4.69, 9.17) is 0 Å². The second-order valence-electron chi connectivity index (χ2n) is 5.49. The minimum absolute atomic E-state index is 0.175. The third-order valence-corrected chi connectivity index (χ3v) is 3.78. The number of hydrogen-bond acceptors (Lipinski definition) is 3. The van der Waals surface area contributed by atoms with Crippen molar-refractivity contribution in [3.63, 3.8) is 0 Å². The van der Waals surface area contributed by atoms with Crippen LogP contribution in [0.5, 0.6) is 0 Å². The number of aromatic nitrogens is 2. The summed E-state index contributed by atoms with van der Waals surface area (Å²) in [6, 6.07) is 5.94. The molecule has 0 unspecified atom stereocenters. The van der Waals surface area contributed by atoms with E-state index in [0.717, 1.165) is 35.6 Å². The third kappa shape index (κ3) is 3.58. The number of hydrogen-bond donors (Lipinski definition) is 0. The van der Waals surface area contributed by atoms with Crippen molar-refractivity contribution in [3.05, 3.63) is 53.1 Å². The topological polar surface area (TPSA) is 38.1 Å². The Hall–Kier alpha value is -1.94. The molecule has 21 heavy (non-hydrogen) atoms. The molecule has 0 fully saturated rings. The lowest BCUT2D eigenvalue weighted by Crippen LogP contribution is -2.26. The van der Waals surface area contributed by atoms with Gasteiger partial charge >= 0.3 is 0 Å². The van der Waals surface area contributed by atoms with Crippen LogP contribution in [0.4, 0.5) is 0 Å². The molecule has 0 saturated carbocycles. The van der Waals surface area contributed by atoms with Crippen LogP contribution in [0.25, 0.3) is 0 Å². The average molecular weight is 285 g/mol. The molecule has 0 atom stereocenters. The lowest BCUT2D eigenvalue weighted by molar-refractivity contribution is 0.0942. The normalized spacial score (nSPS) is 11.1. The zero-order valence-corrected chi connectivity index (χ0v) is 13.3. The summed E-state index contributed by atoms with van der Waals surface area (Å²) in [5, 5.41) is 0. The maximum Gasteiger partial charge on any atom is 0.178 e. The summed E-state index contributed by atoms with van der Waals surface area (Å²) in [5.41, 5.74) is 4.17. The van der Waals surface area contributed by atoms with E-state index in [0.29, 0.717) is 6.54 Å². The molecule has 4 nitrogen and oxygen atoms in total. The van der Waals surface area contributed by atoms with Gasteiger partial charge in [0.25, 0.3) is 0 Å². The van der Waals surface area contributed by atoms with E-state index >= 15 is 0 Å².